The quantitative estimate of drug-likeness (QED) is 0.772. The monoisotopic (exact) mass is 354 g/mol. The van der Waals surface area contributed by atoms with E-state index >= 15 is 0 Å². The topological polar surface area (TPSA) is 64.4 Å². The first-order chi connectivity index (χ1) is 10.00. The molecule has 1 amide bonds. The van der Waals surface area contributed by atoms with Crippen molar-refractivity contribution in [1.82, 2.24) is 5.32 Å². The van der Waals surface area contributed by atoms with Gasteiger partial charge in [-0.25, -0.2) is 0 Å². The van der Waals surface area contributed by atoms with Gasteiger partial charge in [0.1, 0.15) is 5.54 Å². The Labute approximate surface area is 134 Å². The average Bonchev–Trinajstić information content (AvgIpc) is 2.97. The molecule has 0 aromatic heterocycles. The Morgan fingerprint density at radius 1 is 1.38 bits per heavy atom. The Balaban J connectivity index is 1.79. The second-order valence-corrected chi connectivity index (χ2v) is 6.66. The lowest BCUT2D eigenvalue weighted by molar-refractivity contribution is -0.126. The highest BCUT2D eigenvalue weighted by molar-refractivity contribution is 9.10. The molecule has 0 heterocycles. The summed E-state index contributed by atoms with van der Waals surface area (Å²) in [5.74, 6) is -0.181. The zero-order valence-electron chi connectivity index (χ0n) is 12.4. The van der Waals surface area contributed by atoms with Crippen molar-refractivity contribution < 1.29 is 9.53 Å². The smallest absolute Gasteiger partial charge is 0.244 e. The van der Waals surface area contributed by atoms with Crippen LogP contribution in [-0.4, -0.2) is 25.2 Å². The second kappa shape index (κ2) is 7.38. The molecule has 0 aliphatic heterocycles. The van der Waals surface area contributed by atoms with E-state index in [1.165, 1.54) is 12.8 Å². The first-order valence-electron chi connectivity index (χ1n) is 7.45. The fourth-order valence-corrected chi connectivity index (χ4v) is 2.82. The minimum atomic E-state index is -1.03. The predicted octanol–water partition coefficient (Wildman–Crippen LogP) is 2.70. The van der Waals surface area contributed by atoms with Crippen LogP contribution in [0.5, 0.6) is 0 Å². The summed E-state index contributed by atoms with van der Waals surface area (Å²) in [5.41, 5.74) is 5.93. The number of hydrogen-bond acceptors (Lipinski definition) is 3. The molecule has 3 N–H and O–H groups in total. The van der Waals surface area contributed by atoms with E-state index in [9.17, 15) is 4.79 Å². The molecule has 1 aliphatic carbocycles. The molecule has 1 fully saturated rings. The van der Waals surface area contributed by atoms with E-state index in [1.54, 1.807) is 6.92 Å². The van der Waals surface area contributed by atoms with Crippen LogP contribution in [0.3, 0.4) is 0 Å². The standard InChI is InChI=1S/C16H23BrN2O2/c1-16(18,12-6-8-13(17)9-7-12)15(20)19-10-11-21-14-4-2-3-5-14/h6-9,14H,2-5,10-11,18H2,1H3,(H,19,20). The highest BCUT2D eigenvalue weighted by Gasteiger charge is 2.30. The number of amides is 1. The minimum Gasteiger partial charge on any atom is -0.376 e. The van der Waals surface area contributed by atoms with Gasteiger partial charge in [-0.1, -0.05) is 40.9 Å². The Morgan fingerprint density at radius 2 is 2.00 bits per heavy atom. The molecule has 5 heteroatoms. The maximum absolute atomic E-state index is 12.2. The number of ether oxygens (including phenoxy) is 1. The van der Waals surface area contributed by atoms with Gasteiger partial charge in [-0.3, -0.25) is 4.79 Å². The molecule has 0 radical (unpaired) electrons. The zero-order valence-corrected chi connectivity index (χ0v) is 14.0. The van der Waals surface area contributed by atoms with E-state index in [0.717, 1.165) is 22.9 Å². The number of carbonyl (C=O) groups excluding carboxylic acids is 1. The predicted molar refractivity (Wildman–Crippen MR) is 86.9 cm³/mol. The summed E-state index contributed by atoms with van der Waals surface area (Å²) < 4.78 is 6.69. The highest BCUT2D eigenvalue weighted by Crippen LogP contribution is 2.21. The van der Waals surface area contributed by atoms with Crippen LogP contribution in [0, 0.1) is 0 Å². The SMILES string of the molecule is CC(N)(C(=O)NCCOC1CCCC1)c1ccc(Br)cc1. The van der Waals surface area contributed by atoms with E-state index in [-0.39, 0.29) is 5.91 Å². The lowest BCUT2D eigenvalue weighted by Crippen LogP contribution is -2.49. The summed E-state index contributed by atoms with van der Waals surface area (Å²) in [5, 5.41) is 2.86. The van der Waals surface area contributed by atoms with Crippen molar-refractivity contribution in [1.29, 1.82) is 0 Å². The minimum absolute atomic E-state index is 0.181. The molecule has 1 unspecified atom stereocenters. The average molecular weight is 355 g/mol. The second-order valence-electron chi connectivity index (χ2n) is 5.74. The Bertz CT molecular complexity index is 468. The van der Waals surface area contributed by atoms with Crippen LogP contribution < -0.4 is 11.1 Å². The highest BCUT2D eigenvalue weighted by atomic mass is 79.9. The number of benzene rings is 1. The van der Waals surface area contributed by atoms with Crippen LogP contribution in [-0.2, 0) is 15.1 Å². The van der Waals surface area contributed by atoms with Gasteiger partial charge in [0.05, 0.1) is 12.7 Å². The van der Waals surface area contributed by atoms with Crippen LogP contribution >= 0.6 is 15.9 Å². The van der Waals surface area contributed by atoms with E-state index in [1.807, 2.05) is 24.3 Å². The number of nitrogens with one attached hydrogen (secondary N) is 1. The van der Waals surface area contributed by atoms with Crippen molar-refractivity contribution in [2.45, 2.75) is 44.2 Å². The van der Waals surface area contributed by atoms with Crippen molar-refractivity contribution >= 4 is 21.8 Å². The molecule has 1 aromatic rings. The van der Waals surface area contributed by atoms with Gasteiger partial charge in [-0.2, -0.15) is 0 Å². The molecule has 116 valence electrons. The fourth-order valence-electron chi connectivity index (χ4n) is 2.56. The van der Waals surface area contributed by atoms with Gasteiger partial charge in [0.15, 0.2) is 0 Å². The first-order valence-corrected chi connectivity index (χ1v) is 8.24. The molecule has 2 rings (SSSR count). The molecule has 1 aliphatic rings. The van der Waals surface area contributed by atoms with E-state index in [4.69, 9.17) is 10.5 Å². The number of rotatable bonds is 6. The first kappa shape index (κ1) is 16.5. The summed E-state index contributed by atoms with van der Waals surface area (Å²) in [6.07, 6.45) is 5.16. The van der Waals surface area contributed by atoms with Gasteiger partial charge < -0.3 is 15.8 Å². The van der Waals surface area contributed by atoms with Crippen LogP contribution in [0.4, 0.5) is 0 Å². The lowest BCUT2D eigenvalue weighted by Gasteiger charge is -2.24. The van der Waals surface area contributed by atoms with Crippen molar-refractivity contribution in [3.05, 3.63) is 34.3 Å². The fraction of sp³-hybridized carbons (Fsp3) is 0.562. The van der Waals surface area contributed by atoms with Crippen LogP contribution in [0.1, 0.15) is 38.2 Å². The molecule has 0 saturated heterocycles. The van der Waals surface area contributed by atoms with Crippen molar-refractivity contribution in [3.8, 4) is 0 Å². The Hall–Kier alpha value is -0.910. The van der Waals surface area contributed by atoms with E-state index < -0.39 is 5.54 Å². The van der Waals surface area contributed by atoms with Gasteiger partial charge >= 0.3 is 0 Å². The van der Waals surface area contributed by atoms with Gasteiger partial charge in [-0.05, 0) is 37.5 Å². The van der Waals surface area contributed by atoms with E-state index in [2.05, 4.69) is 21.2 Å². The third kappa shape index (κ3) is 4.53. The maximum Gasteiger partial charge on any atom is 0.244 e. The summed E-state index contributed by atoms with van der Waals surface area (Å²) in [6.45, 7) is 2.77. The largest absolute Gasteiger partial charge is 0.376 e. The van der Waals surface area contributed by atoms with Gasteiger partial charge in [-0.15, -0.1) is 0 Å². The third-order valence-electron chi connectivity index (χ3n) is 3.96. The molecular weight excluding hydrogens is 332 g/mol. The van der Waals surface area contributed by atoms with Crippen molar-refractivity contribution in [3.63, 3.8) is 0 Å². The van der Waals surface area contributed by atoms with Crippen molar-refractivity contribution in [2.24, 2.45) is 5.73 Å². The molecule has 21 heavy (non-hydrogen) atoms. The Morgan fingerprint density at radius 3 is 2.62 bits per heavy atom. The normalized spacial score (nSPS) is 18.4. The summed E-state index contributed by atoms with van der Waals surface area (Å²) >= 11 is 3.37. The van der Waals surface area contributed by atoms with Gasteiger partial charge in [0.2, 0.25) is 5.91 Å². The van der Waals surface area contributed by atoms with Crippen LogP contribution in [0.15, 0.2) is 28.7 Å². The zero-order chi connectivity index (χ0) is 15.3. The van der Waals surface area contributed by atoms with Crippen LogP contribution in [0.25, 0.3) is 0 Å². The summed E-state index contributed by atoms with van der Waals surface area (Å²) in [4.78, 5) is 12.2. The maximum atomic E-state index is 12.2. The number of carbonyl (C=O) groups is 1. The van der Waals surface area contributed by atoms with Crippen molar-refractivity contribution in [2.75, 3.05) is 13.2 Å². The van der Waals surface area contributed by atoms with E-state index in [0.29, 0.717) is 19.3 Å². The number of halogens is 1. The van der Waals surface area contributed by atoms with Crippen LogP contribution in [0.2, 0.25) is 0 Å². The molecule has 0 spiro atoms. The molecule has 1 saturated carbocycles. The summed E-state index contributed by atoms with van der Waals surface area (Å²) in [7, 11) is 0. The molecule has 4 nitrogen and oxygen atoms in total. The molecule has 0 bridgehead atoms. The Kier molecular flexibility index (Phi) is 5.79. The summed E-state index contributed by atoms with van der Waals surface area (Å²) in [6, 6.07) is 7.49. The molecule has 1 aromatic carbocycles. The number of nitrogens with two attached hydrogens (primary N) is 1. The molecular formula is C16H23BrN2O2. The van der Waals surface area contributed by atoms with Gasteiger partial charge in [0.25, 0.3) is 0 Å². The molecule has 1 atom stereocenters. The van der Waals surface area contributed by atoms with Gasteiger partial charge in [0, 0.05) is 11.0 Å². The third-order valence-corrected chi connectivity index (χ3v) is 4.49. The lowest BCUT2D eigenvalue weighted by atomic mass is 9.92. The number of hydrogen-bond donors (Lipinski definition) is 2.